The Balaban J connectivity index is 2.06. The maximum atomic E-state index is 11.2. The number of hydrogen-bond acceptors (Lipinski definition) is 5. The first-order valence-electron chi connectivity index (χ1n) is 8.45. The molecular formula is C19H26N4O2. The lowest BCUT2D eigenvalue weighted by molar-refractivity contribution is 0.187. The van der Waals surface area contributed by atoms with E-state index in [1.165, 1.54) is 7.11 Å². The first kappa shape index (κ1) is 18.7. The summed E-state index contributed by atoms with van der Waals surface area (Å²) in [5.41, 5.74) is 2.83. The molecule has 25 heavy (non-hydrogen) atoms. The zero-order valence-electron chi connectivity index (χ0n) is 15.5. The first-order valence-corrected chi connectivity index (χ1v) is 8.45. The summed E-state index contributed by atoms with van der Waals surface area (Å²) in [5.74, 6) is 2.32. The third-order valence-electron chi connectivity index (χ3n) is 3.73. The van der Waals surface area contributed by atoms with E-state index in [1.807, 2.05) is 30.3 Å². The predicted molar refractivity (Wildman–Crippen MR) is 100 cm³/mol. The van der Waals surface area contributed by atoms with E-state index in [9.17, 15) is 4.79 Å². The van der Waals surface area contributed by atoms with Gasteiger partial charge in [0.1, 0.15) is 11.6 Å². The van der Waals surface area contributed by atoms with Crippen molar-refractivity contribution in [3.63, 3.8) is 0 Å². The average molecular weight is 342 g/mol. The SMILES string of the molecule is COC(=O)Nc1ccc(CNc2cc(C(C)C)nc(C(C)C)n2)cc1. The van der Waals surface area contributed by atoms with Gasteiger partial charge < -0.3 is 10.1 Å². The standard InChI is InChI=1S/C19H26N4O2/c1-12(2)16-10-17(23-18(22-16)13(3)4)20-11-14-6-8-15(9-7-14)21-19(24)25-5/h6-10,12-13H,11H2,1-5H3,(H,21,24)(H,20,22,23). The quantitative estimate of drug-likeness (QED) is 0.807. The van der Waals surface area contributed by atoms with Crippen molar-refractivity contribution in [2.75, 3.05) is 17.7 Å². The van der Waals surface area contributed by atoms with Crippen molar-refractivity contribution in [2.24, 2.45) is 0 Å². The van der Waals surface area contributed by atoms with Crippen LogP contribution in [0.2, 0.25) is 0 Å². The van der Waals surface area contributed by atoms with Crippen LogP contribution in [0.1, 0.15) is 56.6 Å². The Labute approximate surface area is 149 Å². The lowest BCUT2D eigenvalue weighted by atomic mass is 10.1. The normalized spacial score (nSPS) is 10.8. The van der Waals surface area contributed by atoms with Crippen molar-refractivity contribution in [3.8, 4) is 0 Å². The van der Waals surface area contributed by atoms with Gasteiger partial charge in [-0.3, -0.25) is 5.32 Å². The Morgan fingerprint density at radius 2 is 1.76 bits per heavy atom. The van der Waals surface area contributed by atoms with Crippen LogP contribution in [-0.4, -0.2) is 23.2 Å². The molecule has 0 spiro atoms. The van der Waals surface area contributed by atoms with E-state index < -0.39 is 6.09 Å². The third kappa shape index (κ3) is 5.45. The Hall–Kier alpha value is -2.63. The molecule has 6 heteroatoms. The van der Waals surface area contributed by atoms with Gasteiger partial charge in [0, 0.05) is 29.9 Å². The van der Waals surface area contributed by atoms with Crippen molar-refractivity contribution in [3.05, 3.63) is 47.4 Å². The molecule has 0 unspecified atom stereocenters. The number of hydrogen-bond donors (Lipinski definition) is 2. The summed E-state index contributed by atoms with van der Waals surface area (Å²) in [6, 6.07) is 9.59. The third-order valence-corrected chi connectivity index (χ3v) is 3.73. The lowest BCUT2D eigenvalue weighted by Crippen LogP contribution is -2.11. The Morgan fingerprint density at radius 1 is 1.08 bits per heavy atom. The molecule has 0 aliphatic carbocycles. The maximum absolute atomic E-state index is 11.2. The zero-order valence-corrected chi connectivity index (χ0v) is 15.5. The number of aromatic nitrogens is 2. The maximum Gasteiger partial charge on any atom is 0.411 e. The monoisotopic (exact) mass is 342 g/mol. The summed E-state index contributed by atoms with van der Waals surface area (Å²) in [6.07, 6.45) is -0.478. The highest BCUT2D eigenvalue weighted by Crippen LogP contribution is 2.20. The molecule has 134 valence electrons. The van der Waals surface area contributed by atoms with Crippen LogP contribution in [0.4, 0.5) is 16.3 Å². The number of carbonyl (C=O) groups excluding carboxylic acids is 1. The Morgan fingerprint density at radius 3 is 2.32 bits per heavy atom. The summed E-state index contributed by atoms with van der Waals surface area (Å²) >= 11 is 0. The molecule has 1 heterocycles. The molecule has 2 N–H and O–H groups in total. The first-order chi connectivity index (χ1) is 11.9. The van der Waals surface area contributed by atoms with Gasteiger partial charge in [-0.05, 0) is 23.6 Å². The fourth-order valence-corrected chi connectivity index (χ4v) is 2.20. The van der Waals surface area contributed by atoms with Crippen LogP contribution in [-0.2, 0) is 11.3 Å². The minimum absolute atomic E-state index is 0.280. The van der Waals surface area contributed by atoms with Crippen molar-refractivity contribution < 1.29 is 9.53 Å². The number of rotatable bonds is 6. The molecule has 1 aromatic carbocycles. The van der Waals surface area contributed by atoms with E-state index in [2.05, 4.69) is 53.0 Å². The minimum atomic E-state index is -0.478. The number of nitrogens with zero attached hydrogens (tertiary/aromatic N) is 2. The van der Waals surface area contributed by atoms with Crippen molar-refractivity contribution in [1.29, 1.82) is 0 Å². The van der Waals surface area contributed by atoms with Crippen molar-refractivity contribution in [2.45, 2.75) is 46.1 Å². The van der Waals surface area contributed by atoms with Gasteiger partial charge in [0.15, 0.2) is 0 Å². The van der Waals surface area contributed by atoms with Crippen molar-refractivity contribution >= 4 is 17.6 Å². The zero-order chi connectivity index (χ0) is 18.4. The van der Waals surface area contributed by atoms with E-state index in [4.69, 9.17) is 0 Å². The van der Waals surface area contributed by atoms with Gasteiger partial charge in [0.2, 0.25) is 0 Å². The highest BCUT2D eigenvalue weighted by molar-refractivity contribution is 5.84. The second kappa shape index (κ2) is 8.46. The molecule has 6 nitrogen and oxygen atoms in total. The van der Waals surface area contributed by atoms with E-state index in [-0.39, 0.29) is 5.92 Å². The van der Waals surface area contributed by atoms with E-state index in [0.717, 1.165) is 22.9 Å². The lowest BCUT2D eigenvalue weighted by Gasteiger charge is -2.13. The molecule has 0 bridgehead atoms. The number of ether oxygens (including phenoxy) is 1. The molecule has 1 aromatic heterocycles. The van der Waals surface area contributed by atoms with E-state index >= 15 is 0 Å². The Kier molecular flexibility index (Phi) is 6.33. The van der Waals surface area contributed by atoms with Gasteiger partial charge in [-0.15, -0.1) is 0 Å². The highest BCUT2D eigenvalue weighted by Gasteiger charge is 2.10. The van der Waals surface area contributed by atoms with Crippen LogP contribution in [0.25, 0.3) is 0 Å². The smallest absolute Gasteiger partial charge is 0.411 e. The average Bonchev–Trinajstić information content (AvgIpc) is 2.60. The molecule has 0 saturated carbocycles. The fourth-order valence-electron chi connectivity index (χ4n) is 2.20. The Bertz CT molecular complexity index is 686. The van der Waals surface area contributed by atoms with Crippen LogP contribution in [0, 0.1) is 0 Å². The molecule has 0 atom stereocenters. The number of carbonyl (C=O) groups is 1. The van der Waals surface area contributed by atoms with Gasteiger partial charge in [-0.1, -0.05) is 39.8 Å². The van der Waals surface area contributed by atoms with E-state index in [0.29, 0.717) is 18.2 Å². The second-order valence-corrected chi connectivity index (χ2v) is 6.51. The second-order valence-electron chi connectivity index (χ2n) is 6.51. The summed E-state index contributed by atoms with van der Waals surface area (Å²) in [7, 11) is 1.34. The van der Waals surface area contributed by atoms with Crippen LogP contribution >= 0.6 is 0 Å². The number of anilines is 2. The summed E-state index contributed by atoms with van der Waals surface area (Å²) in [5, 5.41) is 5.99. The summed E-state index contributed by atoms with van der Waals surface area (Å²) in [4.78, 5) is 20.4. The number of amides is 1. The van der Waals surface area contributed by atoms with Gasteiger partial charge in [-0.25, -0.2) is 14.8 Å². The molecule has 2 aromatic rings. The summed E-state index contributed by atoms with van der Waals surface area (Å²) < 4.78 is 4.57. The molecule has 0 fully saturated rings. The van der Waals surface area contributed by atoms with Crippen LogP contribution in [0.5, 0.6) is 0 Å². The summed E-state index contributed by atoms with van der Waals surface area (Å²) in [6.45, 7) is 9.09. The molecule has 0 saturated heterocycles. The van der Waals surface area contributed by atoms with Gasteiger partial charge in [0.25, 0.3) is 0 Å². The molecule has 0 aliphatic rings. The van der Waals surface area contributed by atoms with Crippen molar-refractivity contribution in [1.82, 2.24) is 9.97 Å². The molecule has 2 rings (SSSR count). The predicted octanol–water partition coefficient (Wildman–Crippen LogP) is 4.51. The van der Waals surface area contributed by atoms with Crippen LogP contribution < -0.4 is 10.6 Å². The topological polar surface area (TPSA) is 76.1 Å². The molecule has 0 radical (unpaired) electrons. The van der Waals surface area contributed by atoms with Gasteiger partial charge in [0.05, 0.1) is 7.11 Å². The van der Waals surface area contributed by atoms with Gasteiger partial charge >= 0.3 is 6.09 Å². The molecular weight excluding hydrogens is 316 g/mol. The highest BCUT2D eigenvalue weighted by atomic mass is 16.5. The van der Waals surface area contributed by atoms with Crippen LogP contribution in [0.15, 0.2) is 30.3 Å². The number of benzene rings is 1. The van der Waals surface area contributed by atoms with Gasteiger partial charge in [-0.2, -0.15) is 0 Å². The van der Waals surface area contributed by atoms with E-state index in [1.54, 1.807) is 0 Å². The number of nitrogens with one attached hydrogen (secondary N) is 2. The molecule has 0 aliphatic heterocycles. The fraction of sp³-hybridized carbons (Fsp3) is 0.421. The van der Waals surface area contributed by atoms with Crippen LogP contribution in [0.3, 0.4) is 0 Å². The largest absolute Gasteiger partial charge is 0.453 e. The number of methoxy groups -OCH3 is 1. The minimum Gasteiger partial charge on any atom is -0.453 e. The molecule has 1 amide bonds.